The molecule has 0 unspecified atom stereocenters. The molecule has 0 bridgehead atoms. The van der Waals surface area contributed by atoms with Crippen LogP contribution in [0.2, 0.25) is 5.02 Å². The van der Waals surface area contributed by atoms with Gasteiger partial charge in [0.2, 0.25) is 6.79 Å². The second kappa shape index (κ2) is 6.13. The van der Waals surface area contributed by atoms with Gasteiger partial charge in [-0.25, -0.2) is 4.79 Å². The van der Waals surface area contributed by atoms with E-state index in [1.54, 1.807) is 12.1 Å². The highest BCUT2D eigenvalue weighted by atomic mass is 35.5. The van der Waals surface area contributed by atoms with Crippen molar-refractivity contribution in [2.24, 2.45) is 0 Å². The molecule has 3 rings (SSSR count). The summed E-state index contributed by atoms with van der Waals surface area (Å²) in [5.74, 6) is 0.279. The van der Waals surface area contributed by atoms with Gasteiger partial charge in [-0.15, -0.1) is 0 Å². The number of hydrogen-bond acceptors (Lipinski definition) is 6. The Labute approximate surface area is 135 Å². The summed E-state index contributed by atoms with van der Waals surface area (Å²) in [6.45, 7) is 0.0455. The van der Waals surface area contributed by atoms with E-state index in [-0.39, 0.29) is 24.7 Å². The molecule has 23 heavy (non-hydrogen) atoms. The SMILES string of the molecule is O=C(OCc1cc(Cl)c2c(c1)OCO2)c1cccc([N+](=O)[O-])c1. The maximum Gasteiger partial charge on any atom is 0.338 e. The number of halogens is 1. The summed E-state index contributed by atoms with van der Waals surface area (Å²) in [5.41, 5.74) is 0.551. The number of ether oxygens (including phenoxy) is 3. The van der Waals surface area contributed by atoms with Gasteiger partial charge in [0, 0.05) is 12.1 Å². The summed E-state index contributed by atoms with van der Waals surface area (Å²) >= 11 is 6.04. The van der Waals surface area contributed by atoms with Crippen molar-refractivity contribution in [3.05, 3.63) is 62.7 Å². The van der Waals surface area contributed by atoms with Crippen molar-refractivity contribution in [3.8, 4) is 11.5 Å². The molecule has 2 aromatic carbocycles. The van der Waals surface area contributed by atoms with E-state index in [0.29, 0.717) is 22.1 Å². The molecule has 118 valence electrons. The van der Waals surface area contributed by atoms with E-state index in [1.807, 2.05) is 0 Å². The number of hydrogen-bond donors (Lipinski definition) is 0. The average molecular weight is 336 g/mol. The third kappa shape index (κ3) is 3.19. The molecule has 0 fully saturated rings. The van der Waals surface area contributed by atoms with Gasteiger partial charge in [0.25, 0.3) is 5.69 Å². The predicted octanol–water partition coefficient (Wildman–Crippen LogP) is 3.33. The molecule has 2 aromatic rings. The number of nitrogens with zero attached hydrogens (tertiary/aromatic N) is 1. The first kappa shape index (κ1) is 15.1. The lowest BCUT2D eigenvalue weighted by Gasteiger charge is -2.07. The Morgan fingerprint density at radius 1 is 1.30 bits per heavy atom. The third-order valence-electron chi connectivity index (χ3n) is 3.15. The number of esters is 1. The second-order valence-electron chi connectivity index (χ2n) is 4.69. The second-order valence-corrected chi connectivity index (χ2v) is 5.10. The van der Waals surface area contributed by atoms with Gasteiger partial charge in [0.15, 0.2) is 11.5 Å². The van der Waals surface area contributed by atoms with Gasteiger partial charge in [0.05, 0.1) is 15.5 Å². The first-order chi connectivity index (χ1) is 11.0. The van der Waals surface area contributed by atoms with Crippen molar-refractivity contribution in [3.63, 3.8) is 0 Å². The van der Waals surface area contributed by atoms with Crippen molar-refractivity contribution in [1.29, 1.82) is 0 Å². The van der Waals surface area contributed by atoms with Crippen LogP contribution in [0, 0.1) is 10.1 Å². The molecule has 0 radical (unpaired) electrons. The van der Waals surface area contributed by atoms with Crippen molar-refractivity contribution in [2.75, 3.05) is 6.79 Å². The van der Waals surface area contributed by atoms with Gasteiger partial charge in [-0.1, -0.05) is 17.7 Å². The van der Waals surface area contributed by atoms with Crippen molar-refractivity contribution < 1.29 is 23.9 Å². The molecule has 0 saturated carbocycles. The van der Waals surface area contributed by atoms with Crippen molar-refractivity contribution >= 4 is 23.3 Å². The van der Waals surface area contributed by atoms with E-state index in [2.05, 4.69) is 0 Å². The van der Waals surface area contributed by atoms with E-state index < -0.39 is 10.9 Å². The van der Waals surface area contributed by atoms with Crippen LogP contribution in [0.4, 0.5) is 5.69 Å². The summed E-state index contributed by atoms with van der Waals surface area (Å²) in [6.07, 6.45) is 0. The molecule has 1 aliphatic heterocycles. The Hall–Kier alpha value is -2.80. The Morgan fingerprint density at radius 3 is 2.91 bits per heavy atom. The van der Waals surface area contributed by atoms with Crippen LogP contribution in [0.15, 0.2) is 36.4 Å². The lowest BCUT2D eigenvalue weighted by molar-refractivity contribution is -0.384. The van der Waals surface area contributed by atoms with Gasteiger partial charge in [-0.3, -0.25) is 10.1 Å². The smallest absolute Gasteiger partial charge is 0.338 e. The molecule has 0 N–H and O–H groups in total. The molecule has 0 amide bonds. The number of nitro groups is 1. The molecule has 0 aliphatic carbocycles. The lowest BCUT2D eigenvalue weighted by Crippen LogP contribution is -2.05. The van der Waals surface area contributed by atoms with Crippen LogP contribution >= 0.6 is 11.6 Å². The Bertz CT molecular complexity index is 792. The number of fused-ring (bicyclic) bond motifs is 1. The van der Waals surface area contributed by atoms with Gasteiger partial charge >= 0.3 is 5.97 Å². The topological polar surface area (TPSA) is 87.9 Å². The molecule has 0 saturated heterocycles. The van der Waals surface area contributed by atoms with Crippen LogP contribution in [0.1, 0.15) is 15.9 Å². The molecule has 1 aliphatic rings. The highest BCUT2D eigenvalue weighted by Crippen LogP contribution is 2.39. The number of nitro benzene ring substituents is 1. The summed E-state index contributed by atoms with van der Waals surface area (Å²) < 4.78 is 15.6. The minimum Gasteiger partial charge on any atom is -0.457 e. The minimum atomic E-state index is -0.664. The predicted molar refractivity (Wildman–Crippen MR) is 79.8 cm³/mol. The quantitative estimate of drug-likeness (QED) is 0.484. The van der Waals surface area contributed by atoms with E-state index in [9.17, 15) is 14.9 Å². The highest BCUT2D eigenvalue weighted by molar-refractivity contribution is 6.32. The maximum atomic E-state index is 12.0. The molecular weight excluding hydrogens is 326 g/mol. The van der Waals surface area contributed by atoms with Gasteiger partial charge in [0.1, 0.15) is 6.61 Å². The normalized spacial score (nSPS) is 12.0. The monoisotopic (exact) mass is 335 g/mol. The van der Waals surface area contributed by atoms with Crippen LogP contribution in [0.25, 0.3) is 0 Å². The zero-order valence-electron chi connectivity index (χ0n) is 11.7. The first-order valence-corrected chi connectivity index (χ1v) is 6.92. The fraction of sp³-hybridized carbons (Fsp3) is 0.133. The number of rotatable bonds is 4. The van der Waals surface area contributed by atoms with E-state index in [0.717, 1.165) is 6.07 Å². The molecule has 7 nitrogen and oxygen atoms in total. The fourth-order valence-corrected chi connectivity index (χ4v) is 2.37. The maximum absolute atomic E-state index is 12.0. The van der Waals surface area contributed by atoms with Crippen LogP contribution in [-0.4, -0.2) is 17.7 Å². The average Bonchev–Trinajstić information content (AvgIpc) is 3.02. The van der Waals surface area contributed by atoms with E-state index >= 15 is 0 Å². The molecule has 0 aromatic heterocycles. The molecule has 0 spiro atoms. The Balaban J connectivity index is 1.71. The van der Waals surface area contributed by atoms with Crippen molar-refractivity contribution in [2.45, 2.75) is 6.61 Å². The standard InChI is InChI=1S/C15H10ClNO6/c16-12-4-9(5-13-14(12)23-8-22-13)7-21-15(18)10-2-1-3-11(6-10)17(19)20/h1-6H,7-8H2. The van der Waals surface area contributed by atoms with E-state index in [4.69, 9.17) is 25.8 Å². The van der Waals surface area contributed by atoms with Gasteiger partial charge < -0.3 is 14.2 Å². The number of carbonyl (C=O) groups is 1. The van der Waals surface area contributed by atoms with Crippen LogP contribution < -0.4 is 9.47 Å². The van der Waals surface area contributed by atoms with Crippen LogP contribution in [-0.2, 0) is 11.3 Å². The summed E-state index contributed by atoms with van der Waals surface area (Å²) in [7, 11) is 0. The molecule has 8 heteroatoms. The van der Waals surface area contributed by atoms with Crippen molar-refractivity contribution in [1.82, 2.24) is 0 Å². The van der Waals surface area contributed by atoms with Crippen LogP contribution in [0.3, 0.4) is 0 Å². The fourth-order valence-electron chi connectivity index (χ4n) is 2.08. The highest BCUT2D eigenvalue weighted by Gasteiger charge is 2.19. The molecule has 0 atom stereocenters. The summed E-state index contributed by atoms with van der Waals surface area (Å²) in [5, 5.41) is 11.1. The largest absolute Gasteiger partial charge is 0.457 e. The van der Waals surface area contributed by atoms with E-state index in [1.165, 1.54) is 18.2 Å². The Kier molecular flexibility index (Phi) is 4.03. The first-order valence-electron chi connectivity index (χ1n) is 6.54. The minimum absolute atomic E-state index is 0.0438. The zero-order valence-corrected chi connectivity index (χ0v) is 12.4. The number of carbonyl (C=O) groups excluding carboxylic acids is 1. The third-order valence-corrected chi connectivity index (χ3v) is 3.43. The zero-order chi connectivity index (χ0) is 16.4. The van der Waals surface area contributed by atoms with Gasteiger partial charge in [-0.2, -0.15) is 0 Å². The lowest BCUT2D eigenvalue weighted by atomic mass is 10.2. The molecule has 1 heterocycles. The van der Waals surface area contributed by atoms with Crippen LogP contribution in [0.5, 0.6) is 11.5 Å². The number of non-ortho nitro benzene ring substituents is 1. The molecular formula is C15H10ClNO6. The van der Waals surface area contributed by atoms with Gasteiger partial charge in [-0.05, 0) is 23.8 Å². The number of benzene rings is 2. The summed E-state index contributed by atoms with van der Waals surface area (Å²) in [6, 6.07) is 8.60. The Morgan fingerprint density at radius 2 is 2.13 bits per heavy atom. The summed E-state index contributed by atoms with van der Waals surface area (Å²) in [4.78, 5) is 22.1.